The summed E-state index contributed by atoms with van der Waals surface area (Å²) in [6.07, 6.45) is -11.4. The molecule has 3 aromatic carbocycles. The summed E-state index contributed by atoms with van der Waals surface area (Å²) in [5.41, 5.74) is 2.51. The number of aliphatic hydroxyl groups excluding tert-OH is 1. The molecule has 0 saturated carbocycles. The molecule has 2 aliphatic rings. The van der Waals surface area contributed by atoms with Crippen LogP contribution in [0.4, 0.5) is 0 Å². The van der Waals surface area contributed by atoms with E-state index in [9.17, 15) is 19.5 Å². The number of ether oxygens (including phenoxy) is 10. The van der Waals surface area contributed by atoms with E-state index < -0.39 is 85.9 Å². The predicted molar refractivity (Wildman–Crippen MR) is 189 cm³/mol. The van der Waals surface area contributed by atoms with Crippen LogP contribution in [0.3, 0.4) is 0 Å². The van der Waals surface area contributed by atoms with Crippen molar-refractivity contribution in [3.8, 4) is 0 Å². The van der Waals surface area contributed by atoms with Crippen LogP contribution in [-0.2, 0) is 81.6 Å². The van der Waals surface area contributed by atoms with Gasteiger partial charge >= 0.3 is 17.9 Å². The number of carbonyl (C=O) groups is 3. The van der Waals surface area contributed by atoms with E-state index in [2.05, 4.69) is 0 Å². The van der Waals surface area contributed by atoms with Crippen molar-refractivity contribution in [3.05, 3.63) is 108 Å². The van der Waals surface area contributed by atoms with E-state index in [1.165, 1.54) is 27.9 Å². The van der Waals surface area contributed by atoms with Crippen molar-refractivity contribution in [3.63, 3.8) is 0 Å². The Morgan fingerprint density at radius 1 is 0.556 bits per heavy atom. The van der Waals surface area contributed by atoms with Crippen molar-refractivity contribution in [1.29, 1.82) is 0 Å². The molecule has 0 spiro atoms. The summed E-state index contributed by atoms with van der Waals surface area (Å²) < 4.78 is 61.2. The first-order valence-corrected chi connectivity index (χ1v) is 17.7. The predicted octanol–water partition coefficient (Wildman–Crippen LogP) is 3.64. The molecule has 0 aromatic heterocycles. The number of hydrogen-bond acceptors (Lipinski definition) is 14. The molecule has 14 heteroatoms. The Morgan fingerprint density at radius 2 is 1.00 bits per heavy atom. The molecule has 0 bridgehead atoms. The van der Waals surface area contributed by atoms with Crippen LogP contribution in [0, 0.1) is 0 Å². The lowest BCUT2D eigenvalue weighted by molar-refractivity contribution is -0.368. The van der Waals surface area contributed by atoms with E-state index >= 15 is 0 Å². The van der Waals surface area contributed by atoms with Gasteiger partial charge in [0.25, 0.3) is 0 Å². The normalized spacial score (nSPS) is 28.2. The van der Waals surface area contributed by atoms with Crippen molar-refractivity contribution in [2.45, 2.75) is 102 Å². The largest absolute Gasteiger partial charge is 0.463 e. The van der Waals surface area contributed by atoms with Gasteiger partial charge in [-0.25, -0.2) is 0 Å². The van der Waals surface area contributed by atoms with E-state index in [-0.39, 0.29) is 26.4 Å². The Kier molecular flexibility index (Phi) is 15.5. The average Bonchev–Trinajstić information content (AvgIpc) is 3.17. The van der Waals surface area contributed by atoms with Gasteiger partial charge in [0, 0.05) is 27.9 Å². The van der Waals surface area contributed by atoms with Gasteiger partial charge in [-0.05, 0) is 16.7 Å². The Hall–Kier alpha value is -4.25. The molecule has 2 heterocycles. The van der Waals surface area contributed by atoms with Crippen molar-refractivity contribution >= 4 is 17.9 Å². The summed E-state index contributed by atoms with van der Waals surface area (Å²) in [5.74, 6) is -1.99. The Bertz CT molecular complexity index is 1590. The highest BCUT2D eigenvalue weighted by atomic mass is 16.8. The minimum atomic E-state index is -1.46. The van der Waals surface area contributed by atoms with E-state index in [0.717, 1.165) is 16.7 Å². The van der Waals surface area contributed by atoms with Gasteiger partial charge in [-0.2, -0.15) is 0 Å². The summed E-state index contributed by atoms with van der Waals surface area (Å²) in [6.45, 7) is 3.05. The van der Waals surface area contributed by atoms with Crippen LogP contribution in [0.1, 0.15) is 37.5 Å². The molecule has 0 aliphatic carbocycles. The highest BCUT2D eigenvalue weighted by Crippen LogP contribution is 2.36. The van der Waals surface area contributed by atoms with Crippen LogP contribution < -0.4 is 0 Å². The molecule has 292 valence electrons. The summed E-state index contributed by atoms with van der Waals surface area (Å²) in [7, 11) is 1.46. The zero-order chi connectivity index (χ0) is 38.5. The summed E-state index contributed by atoms with van der Waals surface area (Å²) in [4.78, 5) is 37.1. The minimum Gasteiger partial charge on any atom is -0.463 e. The van der Waals surface area contributed by atoms with Gasteiger partial charge in [0.1, 0.15) is 43.2 Å². The first kappa shape index (κ1) is 40.9. The first-order chi connectivity index (χ1) is 26.2. The van der Waals surface area contributed by atoms with E-state index in [0.29, 0.717) is 0 Å². The molecule has 14 nitrogen and oxygen atoms in total. The molecular formula is C40H48O14. The highest BCUT2D eigenvalue weighted by Gasteiger charge is 2.55. The number of carbonyl (C=O) groups excluding carboxylic acids is 3. The van der Waals surface area contributed by atoms with Crippen LogP contribution in [-0.4, -0.2) is 105 Å². The molecule has 0 unspecified atom stereocenters. The number of hydrogen-bond donors (Lipinski definition) is 1. The van der Waals surface area contributed by atoms with E-state index in [1.54, 1.807) is 0 Å². The van der Waals surface area contributed by atoms with Gasteiger partial charge in [0.2, 0.25) is 0 Å². The third-order valence-electron chi connectivity index (χ3n) is 8.80. The molecule has 2 saturated heterocycles. The average molecular weight is 753 g/mol. The second-order valence-corrected chi connectivity index (χ2v) is 12.8. The van der Waals surface area contributed by atoms with E-state index in [4.69, 9.17) is 47.4 Å². The maximum atomic E-state index is 12.7. The van der Waals surface area contributed by atoms with Crippen molar-refractivity contribution < 1.29 is 66.9 Å². The molecule has 2 aliphatic heterocycles. The first-order valence-electron chi connectivity index (χ1n) is 17.7. The number of methoxy groups -OCH3 is 1. The SMILES string of the molecule is CO[C@@H]1O[C@H](CO)[C@@H](O[C@@H]2O[C@H](COC(C)=O)[C@@H](OC(C)=O)[C@H](OCc3ccccc3)[C@@H]2OC(C)=O)[C@H](OCc2ccccc2)[C@H]1OCc1ccccc1. The molecule has 1 N–H and O–H groups in total. The van der Waals surface area contributed by atoms with Crippen LogP contribution >= 0.6 is 0 Å². The maximum absolute atomic E-state index is 12.7. The lowest BCUT2D eigenvalue weighted by Crippen LogP contribution is -2.66. The van der Waals surface area contributed by atoms with Crippen LogP contribution in [0.2, 0.25) is 0 Å². The molecule has 0 amide bonds. The molecule has 0 radical (unpaired) electrons. The van der Waals surface area contributed by atoms with Crippen LogP contribution in [0.25, 0.3) is 0 Å². The van der Waals surface area contributed by atoms with Crippen molar-refractivity contribution in [2.24, 2.45) is 0 Å². The fraction of sp³-hybridized carbons (Fsp3) is 0.475. The quantitative estimate of drug-likeness (QED) is 0.157. The number of aliphatic hydroxyl groups is 1. The van der Waals surface area contributed by atoms with Gasteiger partial charge in [0.05, 0.1) is 26.4 Å². The van der Waals surface area contributed by atoms with Crippen molar-refractivity contribution in [2.75, 3.05) is 20.3 Å². The Morgan fingerprint density at radius 3 is 1.44 bits per heavy atom. The molecule has 3 aromatic rings. The topological polar surface area (TPSA) is 164 Å². The monoisotopic (exact) mass is 752 g/mol. The number of rotatable bonds is 17. The van der Waals surface area contributed by atoms with E-state index in [1.807, 2.05) is 91.0 Å². The third-order valence-corrected chi connectivity index (χ3v) is 8.80. The fourth-order valence-corrected chi connectivity index (χ4v) is 6.36. The summed E-state index contributed by atoms with van der Waals surface area (Å²) in [6, 6.07) is 28.2. The zero-order valence-corrected chi connectivity index (χ0v) is 30.7. The molecule has 10 atom stereocenters. The van der Waals surface area contributed by atoms with Gasteiger partial charge in [-0.3, -0.25) is 14.4 Å². The lowest BCUT2D eigenvalue weighted by atomic mass is 9.96. The van der Waals surface area contributed by atoms with Gasteiger partial charge in [-0.1, -0.05) is 91.0 Å². The molecule has 2 fully saturated rings. The second kappa shape index (κ2) is 20.4. The van der Waals surface area contributed by atoms with Crippen LogP contribution in [0.5, 0.6) is 0 Å². The number of benzene rings is 3. The molecule has 54 heavy (non-hydrogen) atoms. The third kappa shape index (κ3) is 11.4. The van der Waals surface area contributed by atoms with Gasteiger partial charge < -0.3 is 52.5 Å². The minimum absolute atomic E-state index is 0.0214. The lowest BCUT2D eigenvalue weighted by Gasteiger charge is -2.49. The Balaban J connectivity index is 1.53. The Labute approximate surface area is 314 Å². The summed E-state index contributed by atoms with van der Waals surface area (Å²) in [5, 5.41) is 10.7. The second-order valence-electron chi connectivity index (χ2n) is 12.8. The molecule has 5 rings (SSSR count). The molecular weight excluding hydrogens is 704 g/mol. The smallest absolute Gasteiger partial charge is 0.303 e. The zero-order valence-electron chi connectivity index (χ0n) is 30.7. The highest BCUT2D eigenvalue weighted by molar-refractivity contribution is 5.67. The number of esters is 3. The van der Waals surface area contributed by atoms with Gasteiger partial charge in [0.15, 0.2) is 24.8 Å². The standard InChI is InChI=1S/C40H48O14/c1-25(42)46-24-32-34(50-26(2)43)36(48-22-29-16-10-6-11-17-29)38(51-27(3)44)40(53-32)54-33-31(20-41)52-39(45-4)37(49-23-30-18-12-7-13-19-30)35(33)47-21-28-14-8-5-9-15-28/h5-19,31-41H,20-24H2,1-4H3/t31-,32-,33-,34-,35+,36+,37-,38+,39-,40+/m1/s1. The maximum Gasteiger partial charge on any atom is 0.303 e. The van der Waals surface area contributed by atoms with Crippen molar-refractivity contribution in [1.82, 2.24) is 0 Å². The summed E-state index contributed by atoms with van der Waals surface area (Å²) >= 11 is 0. The van der Waals surface area contributed by atoms with Crippen LogP contribution in [0.15, 0.2) is 91.0 Å². The van der Waals surface area contributed by atoms with Gasteiger partial charge in [-0.15, -0.1) is 0 Å². The fourth-order valence-electron chi connectivity index (χ4n) is 6.36.